The van der Waals surface area contributed by atoms with E-state index in [9.17, 15) is 0 Å². The summed E-state index contributed by atoms with van der Waals surface area (Å²) < 4.78 is 2.19. The van der Waals surface area contributed by atoms with Crippen LogP contribution >= 0.6 is 17.7 Å². The molecule has 6 heavy (non-hydrogen) atoms. The summed E-state index contributed by atoms with van der Waals surface area (Å²) in [5, 5.41) is 0. The van der Waals surface area contributed by atoms with Gasteiger partial charge in [-0.05, 0) is 0 Å². The molecule has 1 aliphatic heterocycles. The van der Waals surface area contributed by atoms with Gasteiger partial charge in [-0.2, -0.15) is 0 Å². The third-order valence-corrected chi connectivity index (χ3v) is 9.30. The number of halogens is 1. The Labute approximate surface area is 51.0 Å². The molecule has 1 heterocycles. The summed E-state index contributed by atoms with van der Waals surface area (Å²) in [5.41, 5.74) is 0. The predicted molar refractivity (Wildman–Crippen MR) is 33.2 cm³/mol. The zero-order valence-corrected chi connectivity index (χ0v) is 7.22. The predicted octanol–water partition coefficient (Wildman–Crippen LogP) is 1.56. The first-order valence-corrected chi connectivity index (χ1v) is 10.4. The summed E-state index contributed by atoms with van der Waals surface area (Å²) in [7, 11) is 7.71. The standard InChI is InChI=1S/C3H5S.ClH.Sb/c1-2-3-4;;/h1-2,4H,3H2;1H;/q;;+2/p-2. The first-order chi connectivity index (χ1) is 2.89. The molecule has 1 rings (SSSR count). The number of hydrogen-bond acceptors (Lipinski definition) is 1. The van der Waals surface area contributed by atoms with Crippen molar-refractivity contribution in [3.63, 3.8) is 0 Å². The van der Waals surface area contributed by atoms with Crippen molar-refractivity contribution >= 4 is 35.3 Å². The Balaban J connectivity index is 2.38. The van der Waals surface area contributed by atoms with Gasteiger partial charge in [0.2, 0.25) is 0 Å². The van der Waals surface area contributed by atoms with Crippen molar-refractivity contribution in [2.45, 2.75) is 0 Å². The van der Waals surface area contributed by atoms with E-state index in [1.165, 1.54) is 5.75 Å². The zero-order chi connectivity index (χ0) is 4.41. The molecular weight excluding hydrogens is 225 g/mol. The zero-order valence-electron chi connectivity index (χ0n) is 3.10. The van der Waals surface area contributed by atoms with Gasteiger partial charge in [0.05, 0.1) is 0 Å². The van der Waals surface area contributed by atoms with E-state index in [0.717, 1.165) is 0 Å². The van der Waals surface area contributed by atoms with Gasteiger partial charge in [-0.3, -0.25) is 0 Å². The van der Waals surface area contributed by atoms with Gasteiger partial charge in [0, 0.05) is 0 Å². The molecule has 0 N–H and O–H groups in total. The second-order valence-electron chi connectivity index (χ2n) is 0.953. The van der Waals surface area contributed by atoms with E-state index in [1.54, 1.807) is 0 Å². The van der Waals surface area contributed by atoms with Gasteiger partial charge >= 0.3 is 51.2 Å². The van der Waals surface area contributed by atoms with Gasteiger partial charge in [-0.15, -0.1) is 0 Å². The van der Waals surface area contributed by atoms with Crippen LogP contribution in [0, 0.1) is 0 Å². The fraction of sp³-hybridized carbons (Fsp3) is 0.333. The van der Waals surface area contributed by atoms with E-state index in [4.69, 9.17) is 8.83 Å². The summed E-state index contributed by atoms with van der Waals surface area (Å²) in [6.45, 7) is 0. The van der Waals surface area contributed by atoms with Crippen LogP contribution in [0.15, 0.2) is 10.1 Å². The van der Waals surface area contributed by atoms with Crippen LogP contribution in [-0.4, -0.2) is 23.4 Å². The van der Waals surface area contributed by atoms with E-state index < -0.39 is 17.7 Å². The van der Waals surface area contributed by atoms with Crippen LogP contribution in [0.3, 0.4) is 0 Å². The van der Waals surface area contributed by atoms with Crippen LogP contribution in [0.25, 0.3) is 0 Å². The molecule has 0 unspecified atom stereocenters. The Morgan fingerprint density at radius 3 is 2.83 bits per heavy atom. The quantitative estimate of drug-likeness (QED) is 0.568. The van der Waals surface area contributed by atoms with Gasteiger partial charge in [-0.1, -0.05) is 0 Å². The van der Waals surface area contributed by atoms with Gasteiger partial charge in [0.1, 0.15) is 0 Å². The molecule has 0 saturated heterocycles. The topological polar surface area (TPSA) is 0 Å². The van der Waals surface area contributed by atoms with Gasteiger partial charge in [-0.25, -0.2) is 0 Å². The summed E-state index contributed by atoms with van der Waals surface area (Å²) in [4.78, 5) is 0. The summed E-state index contributed by atoms with van der Waals surface area (Å²) >= 11 is -1.19. The summed E-state index contributed by atoms with van der Waals surface area (Å²) in [6, 6.07) is 0. The third kappa shape index (κ3) is 1.36. The molecule has 0 saturated carbocycles. The fourth-order valence-corrected chi connectivity index (χ4v) is 6.83. The molecule has 0 atom stereocenters. The molecule has 3 heteroatoms. The number of hydrogen-bond donors (Lipinski definition) is 0. The second-order valence-corrected chi connectivity index (χ2v) is 12.6. The molecule has 0 fully saturated rings. The third-order valence-electron chi connectivity index (χ3n) is 0.517. The Morgan fingerprint density at radius 2 is 2.67 bits per heavy atom. The van der Waals surface area contributed by atoms with Crippen molar-refractivity contribution in [1.82, 2.24) is 0 Å². The molecule has 0 aromatic heterocycles. The molecule has 34 valence electrons. The van der Waals surface area contributed by atoms with E-state index in [0.29, 0.717) is 0 Å². The van der Waals surface area contributed by atoms with Crippen molar-refractivity contribution in [1.29, 1.82) is 0 Å². The van der Waals surface area contributed by atoms with Crippen LogP contribution in [0.1, 0.15) is 0 Å². The van der Waals surface area contributed by atoms with Crippen LogP contribution < -0.4 is 0 Å². The van der Waals surface area contributed by atoms with Crippen LogP contribution in [-0.2, 0) is 0 Å². The Bertz CT molecular complexity index is 73.2. The maximum absolute atomic E-state index is 5.77. The molecule has 0 aliphatic carbocycles. The van der Waals surface area contributed by atoms with E-state index in [-0.39, 0.29) is 0 Å². The Morgan fingerprint density at radius 1 is 1.83 bits per heavy atom. The first-order valence-electron chi connectivity index (χ1n) is 1.64. The molecule has 0 spiro atoms. The second kappa shape index (κ2) is 2.49. The first kappa shape index (κ1) is 5.34. The molecule has 1 aliphatic rings. The monoisotopic (exact) mass is 228 g/mol. The summed E-state index contributed by atoms with van der Waals surface area (Å²) in [6.07, 6.45) is 2.17. The molecule has 0 nitrogen and oxygen atoms in total. The minimum atomic E-state index is -1.19. The van der Waals surface area contributed by atoms with E-state index in [1.807, 2.05) is 8.85 Å². The van der Waals surface area contributed by atoms with Gasteiger partial charge < -0.3 is 0 Å². The number of rotatable bonds is 0. The van der Waals surface area contributed by atoms with Crippen LogP contribution in [0.5, 0.6) is 0 Å². The Kier molecular flexibility index (Phi) is 2.22. The van der Waals surface area contributed by atoms with Crippen LogP contribution in [0.2, 0.25) is 0 Å². The molecule has 0 aromatic rings. The maximum atomic E-state index is 5.77. The van der Waals surface area contributed by atoms with Crippen molar-refractivity contribution < 1.29 is 0 Å². The average molecular weight is 229 g/mol. The molecule has 0 bridgehead atoms. The minimum absolute atomic E-state index is 1.17. The van der Waals surface area contributed by atoms with Crippen molar-refractivity contribution in [3.8, 4) is 0 Å². The van der Waals surface area contributed by atoms with E-state index >= 15 is 0 Å². The van der Waals surface area contributed by atoms with E-state index in [2.05, 4.69) is 10.1 Å². The van der Waals surface area contributed by atoms with Crippen molar-refractivity contribution in [3.05, 3.63) is 10.1 Å². The molecular formula is C3H4ClSSb. The SMILES string of the molecule is [Cl][Sb]1[CH]=CC[S]1. The van der Waals surface area contributed by atoms with Crippen molar-refractivity contribution in [2.75, 3.05) is 5.75 Å². The average Bonchev–Trinajstić information content (AvgIpc) is 1.86. The molecule has 0 radical (unpaired) electrons. The van der Waals surface area contributed by atoms with Crippen molar-refractivity contribution in [2.24, 2.45) is 0 Å². The summed E-state index contributed by atoms with van der Waals surface area (Å²) in [5.74, 6) is 1.17. The van der Waals surface area contributed by atoms with Crippen LogP contribution in [0.4, 0.5) is 0 Å². The van der Waals surface area contributed by atoms with Gasteiger partial charge in [0.25, 0.3) is 0 Å². The fourth-order valence-electron chi connectivity index (χ4n) is 0.283. The van der Waals surface area contributed by atoms with Gasteiger partial charge in [0.15, 0.2) is 0 Å². The normalized spacial score (nSPS) is 22.8. The Hall–Kier alpha value is 1.20. The molecule has 0 aromatic carbocycles. The molecule has 0 amide bonds.